The summed E-state index contributed by atoms with van der Waals surface area (Å²) in [6.07, 6.45) is 5.29. The van der Waals surface area contributed by atoms with Crippen molar-refractivity contribution in [1.29, 1.82) is 0 Å². The van der Waals surface area contributed by atoms with Crippen molar-refractivity contribution in [2.75, 3.05) is 0 Å². The third-order valence-electron chi connectivity index (χ3n) is 2.72. The van der Waals surface area contributed by atoms with Crippen LogP contribution in [-0.4, -0.2) is 14.8 Å². The Kier molecular flexibility index (Phi) is 3.95. The summed E-state index contributed by atoms with van der Waals surface area (Å²) < 4.78 is 0. The van der Waals surface area contributed by atoms with Crippen LogP contribution in [0.15, 0.2) is 0 Å². The zero-order valence-corrected chi connectivity index (χ0v) is 12.4. The standard InChI is InChI=1S/C9H20Cl2Si2/c1-12(2,3)8-13(10,11)9-6-4-5-7-9/h9H,4-8H2,1-3H3. The summed E-state index contributed by atoms with van der Waals surface area (Å²) in [6, 6.07) is 0. The molecule has 0 nitrogen and oxygen atoms in total. The Morgan fingerprint density at radius 1 is 1.08 bits per heavy atom. The highest BCUT2D eigenvalue weighted by atomic mass is 35.7. The molecule has 1 aliphatic rings. The fourth-order valence-electron chi connectivity index (χ4n) is 2.20. The predicted octanol–water partition coefficient (Wildman–Crippen LogP) is 4.73. The Morgan fingerprint density at radius 2 is 1.54 bits per heavy atom. The molecule has 0 aliphatic heterocycles. The van der Waals surface area contributed by atoms with E-state index in [4.69, 9.17) is 22.2 Å². The molecule has 0 radical (unpaired) electrons. The second-order valence-electron chi connectivity index (χ2n) is 5.48. The van der Waals surface area contributed by atoms with E-state index >= 15 is 0 Å². The molecule has 0 unspecified atom stereocenters. The molecule has 1 fully saturated rings. The van der Waals surface area contributed by atoms with Gasteiger partial charge in [-0.05, 0) is 11.2 Å². The number of hydrogen-bond acceptors (Lipinski definition) is 0. The molecule has 0 N–H and O–H groups in total. The summed E-state index contributed by atoms with van der Waals surface area (Å²) in [5.41, 5.74) is 1.87. The first kappa shape index (κ1) is 12.1. The summed E-state index contributed by atoms with van der Waals surface area (Å²) in [6.45, 7) is 5.21. The average Bonchev–Trinajstić information content (AvgIpc) is 2.29. The lowest BCUT2D eigenvalue weighted by molar-refractivity contribution is 0.857. The van der Waals surface area contributed by atoms with Gasteiger partial charge in [0.15, 0.2) is 0 Å². The highest BCUT2D eigenvalue weighted by Crippen LogP contribution is 2.46. The summed E-state index contributed by atoms with van der Waals surface area (Å²) in [5, 5.41) is 0. The molecule has 0 aromatic carbocycles. The van der Waals surface area contributed by atoms with Gasteiger partial charge in [0.25, 0.3) is 6.69 Å². The maximum absolute atomic E-state index is 6.57. The van der Waals surface area contributed by atoms with E-state index in [-0.39, 0.29) is 0 Å². The Hall–Kier alpha value is 1.01. The van der Waals surface area contributed by atoms with Crippen molar-refractivity contribution in [1.82, 2.24) is 0 Å². The van der Waals surface area contributed by atoms with Gasteiger partial charge in [0.1, 0.15) is 0 Å². The van der Waals surface area contributed by atoms with Crippen LogP contribution in [0, 0.1) is 0 Å². The zero-order valence-electron chi connectivity index (χ0n) is 8.87. The van der Waals surface area contributed by atoms with Crippen LogP contribution in [0.1, 0.15) is 25.7 Å². The van der Waals surface area contributed by atoms with Gasteiger partial charge >= 0.3 is 0 Å². The normalized spacial score (nSPS) is 21.0. The molecule has 13 heavy (non-hydrogen) atoms. The van der Waals surface area contributed by atoms with Crippen molar-refractivity contribution in [3.05, 3.63) is 0 Å². The van der Waals surface area contributed by atoms with Gasteiger partial charge in [-0.25, -0.2) is 0 Å². The minimum atomic E-state index is -1.90. The van der Waals surface area contributed by atoms with Crippen LogP contribution in [0.5, 0.6) is 0 Å². The lowest BCUT2D eigenvalue weighted by atomic mass is 10.4. The second kappa shape index (κ2) is 4.25. The van der Waals surface area contributed by atoms with Crippen LogP contribution in [-0.2, 0) is 0 Å². The van der Waals surface area contributed by atoms with E-state index in [9.17, 15) is 0 Å². The maximum Gasteiger partial charge on any atom is 0.251 e. The molecular weight excluding hydrogens is 235 g/mol. The number of halogens is 2. The summed E-state index contributed by atoms with van der Waals surface area (Å²) in [4.78, 5) is 0. The van der Waals surface area contributed by atoms with Gasteiger partial charge in [-0.2, -0.15) is 0 Å². The third kappa shape index (κ3) is 3.94. The molecule has 0 amide bonds. The first-order valence-corrected chi connectivity index (χ1v) is 13.2. The quantitative estimate of drug-likeness (QED) is 0.505. The lowest BCUT2D eigenvalue weighted by Gasteiger charge is -2.29. The smallest absolute Gasteiger partial charge is 0.146 e. The summed E-state index contributed by atoms with van der Waals surface area (Å²) in [7, 11) is -1.06. The van der Waals surface area contributed by atoms with Gasteiger partial charge in [-0.15, -0.1) is 22.2 Å². The van der Waals surface area contributed by atoms with Crippen molar-refractivity contribution in [2.45, 2.75) is 56.5 Å². The first-order chi connectivity index (χ1) is 5.81. The number of hydrogen-bond donors (Lipinski definition) is 0. The zero-order chi connectivity index (χ0) is 10.1. The molecule has 4 heteroatoms. The maximum atomic E-state index is 6.57. The van der Waals surface area contributed by atoms with Crippen LogP contribution in [0.4, 0.5) is 0 Å². The Balaban J connectivity index is 2.53. The van der Waals surface area contributed by atoms with Gasteiger partial charge < -0.3 is 0 Å². The van der Waals surface area contributed by atoms with Gasteiger partial charge in [0.2, 0.25) is 0 Å². The Bertz CT molecular complexity index is 169. The van der Waals surface area contributed by atoms with E-state index in [1.807, 2.05) is 0 Å². The van der Waals surface area contributed by atoms with Crippen LogP contribution in [0.3, 0.4) is 0 Å². The molecular formula is C9H20Cl2Si2. The Labute approximate surface area is 93.4 Å². The molecule has 0 heterocycles. The molecule has 0 saturated heterocycles. The van der Waals surface area contributed by atoms with Crippen molar-refractivity contribution < 1.29 is 0 Å². The minimum absolute atomic E-state index is 0.697. The molecule has 0 atom stereocenters. The van der Waals surface area contributed by atoms with E-state index in [1.54, 1.807) is 0 Å². The molecule has 0 aromatic rings. The van der Waals surface area contributed by atoms with Crippen LogP contribution in [0.25, 0.3) is 0 Å². The van der Waals surface area contributed by atoms with Crippen molar-refractivity contribution in [3.8, 4) is 0 Å². The first-order valence-electron chi connectivity index (χ1n) is 5.19. The molecule has 78 valence electrons. The highest BCUT2D eigenvalue weighted by molar-refractivity contribution is 7.48. The number of rotatable bonds is 3. The molecule has 0 bridgehead atoms. The van der Waals surface area contributed by atoms with Crippen molar-refractivity contribution in [3.63, 3.8) is 0 Å². The van der Waals surface area contributed by atoms with Crippen molar-refractivity contribution >= 4 is 36.9 Å². The van der Waals surface area contributed by atoms with E-state index in [1.165, 1.54) is 31.4 Å². The van der Waals surface area contributed by atoms with Crippen molar-refractivity contribution in [2.24, 2.45) is 0 Å². The van der Waals surface area contributed by atoms with Crippen LogP contribution in [0.2, 0.25) is 30.8 Å². The van der Waals surface area contributed by atoms with Gasteiger partial charge in [-0.3, -0.25) is 0 Å². The summed E-state index contributed by atoms with van der Waals surface area (Å²) >= 11 is 13.1. The van der Waals surface area contributed by atoms with Gasteiger partial charge in [0.05, 0.1) is 0 Å². The second-order valence-corrected chi connectivity index (χ2v) is 19.0. The topological polar surface area (TPSA) is 0 Å². The molecule has 1 aliphatic carbocycles. The fourth-order valence-corrected chi connectivity index (χ4v) is 18.8. The Morgan fingerprint density at radius 3 is 1.92 bits per heavy atom. The van der Waals surface area contributed by atoms with Gasteiger partial charge in [0, 0.05) is 8.07 Å². The van der Waals surface area contributed by atoms with E-state index in [0.717, 1.165) is 0 Å². The molecule has 1 saturated carbocycles. The fraction of sp³-hybridized carbons (Fsp3) is 1.00. The van der Waals surface area contributed by atoms with E-state index < -0.39 is 14.8 Å². The van der Waals surface area contributed by atoms with Crippen LogP contribution >= 0.6 is 22.2 Å². The van der Waals surface area contributed by atoms with Crippen LogP contribution < -0.4 is 0 Å². The van der Waals surface area contributed by atoms with E-state index in [2.05, 4.69) is 19.6 Å². The molecule has 0 spiro atoms. The minimum Gasteiger partial charge on any atom is -0.146 e. The highest BCUT2D eigenvalue weighted by Gasteiger charge is 2.42. The average molecular weight is 255 g/mol. The lowest BCUT2D eigenvalue weighted by Crippen LogP contribution is -2.36. The largest absolute Gasteiger partial charge is 0.251 e. The predicted molar refractivity (Wildman–Crippen MR) is 67.8 cm³/mol. The molecule has 1 rings (SSSR count). The monoisotopic (exact) mass is 254 g/mol. The van der Waals surface area contributed by atoms with Gasteiger partial charge in [-0.1, -0.05) is 45.3 Å². The SMILES string of the molecule is C[Si](C)(C)C[Si](Cl)(Cl)C1CCCC1. The van der Waals surface area contributed by atoms with E-state index in [0.29, 0.717) is 5.54 Å². The third-order valence-corrected chi connectivity index (χ3v) is 14.9. The summed E-state index contributed by atoms with van der Waals surface area (Å²) in [5.74, 6) is 0. The molecule has 0 aromatic heterocycles.